The number of amides is 1. The van der Waals surface area contributed by atoms with Crippen LogP contribution in [0.25, 0.3) is 0 Å². The van der Waals surface area contributed by atoms with Crippen LogP contribution in [0.2, 0.25) is 0 Å². The summed E-state index contributed by atoms with van der Waals surface area (Å²) in [6.45, 7) is 6.24. The number of aliphatic imine (C=N–C) groups is 1. The third kappa shape index (κ3) is 1.80. The molecular weight excluding hydrogens is 244 g/mol. The number of thioether (sulfide) groups is 1. The average Bonchev–Trinajstić information content (AvgIpc) is 2.94. The number of carbonyl (C=O) groups is 1. The summed E-state index contributed by atoms with van der Waals surface area (Å²) in [5, 5.41) is 3.88. The monoisotopic (exact) mass is 266 g/mol. The summed E-state index contributed by atoms with van der Waals surface area (Å²) >= 11 is 1.64. The molecule has 0 unspecified atom stereocenters. The fourth-order valence-electron chi connectivity index (χ4n) is 3.46. The highest BCUT2D eigenvalue weighted by Gasteiger charge is 2.49. The zero-order chi connectivity index (χ0) is 13.0. The van der Waals surface area contributed by atoms with Gasteiger partial charge in [-0.05, 0) is 50.9 Å². The van der Waals surface area contributed by atoms with Gasteiger partial charge in [0.25, 0.3) is 0 Å². The van der Waals surface area contributed by atoms with Crippen molar-refractivity contribution in [2.75, 3.05) is 0 Å². The van der Waals surface area contributed by atoms with Crippen LogP contribution >= 0.6 is 11.8 Å². The van der Waals surface area contributed by atoms with Crippen LogP contribution in [0.1, 0.15) is 52.9 Å². The van der Waals surface area contributed by atoms with Crippen molar-refractivity contribution in [3.8, 4) is 0 Å². The molecule has 100 valence electrons. The van der Waals surface area contributed by atoms with Gasteiger partial charge in [-0.25, -0.2) is 0 Å². The molecule has 3 fully saturated rings. The lowest BCUT2D eigenvalue weighted by Crippen LogP contribution is -2.38. The first-order chi connectivity index (χ1) is 8.43. The Labute approximate surface area is 113 Å². The number of nitrogens with one attached hydrogen (secondary N) is 1. The van der Waals surface area contributed by atoms with E-state index in [2.05, 4.69) is 19.2 Å². The first-order valence-electron chi connectivity index (χ1n) is 7.04. The molecule has 3 nitrogen and oxygen atoms in total. The Kier molecular flexibility index (Phi) is 2.78. The molecule has 2 aliphatic carbocycles. The van der Waals surface area contributed by atoms with Crippen molar-refractivity contribution in [1.29, 1.82) is 0 Å². The Morgan fingerprint density at radius 2 is 2.06 bits per heavy atom. The van der Waals surface area contributed by atoms with Gasteiger partial charge in [0.1, 0.15) is 4.75 Å². The van der Waals surface area contributed by atoms with Gasteiger partial charge in [-0.3, -0.25) is 9.79 Å². The molecule has 0 aromatic carbocycles. The third-order valence-electron chi connectivity index (χ3n) is 5.12. The van der Waals surface area contributed by atoms with Crippen molar-refractivity contribution >= 4 is 22.8 Å². The lowest BCUT2D eigenvalue weighted by atomic mass is 9.95. The van der Waals surface area contributed by atoms with Gasteiger partial charge in [0.15, 0.2) is 5.17 Å². The predicted molar refractivity (Wildman–Crippen MR) is 75.7 cm³/mol. The van der Waals surface area contributed by atoms with Crippen LogP contribution in [0, 0.1) is 11.8 Å². The Bertz CT molecular complexity index is 410. The number of hydrogen-bond acceptors (Lipinski definition) is 3. The molecule has 1 atom stereocenters. The molecule has 0 aromatic heterocycles. The fourth-order valence-corrected chi connectivity index (χ4v) is 4.62. The molecular formula is C14H22N2OS. The lowest BCUT2D eigenvalue weighted by molar-refractivity contribution is -0.122. The number of fused-ring (bicyclic) bond motifs is 2. The highest BCUT2D eigenvalue weighted by Crippen LogP contribution is 2.51. The van der Waals surface area contributed by atoms with E-state index in [4.69, 9.17) is 4.99 Å². The van der Waals surface area contributed by atoms with Gasteiger partial charge in [-0.2, -0.15) is 0 Å². The van der Waals surface area contributed by atoms with Crippen molar-refractivity contribution in [2.24, 2.45) is 16.8 Å². The molecule has 1 saturated heterocycles. The molecule has 0 spiro atoms. The molecule has 4 heteroatoms. The first-order valence-corrected chi connectivity index (χ1v) is 7.85. The summed E-state index contributed by atoms with van der Waals surface area (Å²) in [4.78, 5) is 17.1. The second-order valence-corrected chi connectivity index (χ2v) is 8.05. The van der Waals surface area contributed by atoms with E-state index in [1.807, 2.05) is 6.92 Å². The number of hydrogen-bond donors (Lipinski definition) is 1. The minimum Gasteiger partial charge on any atom is -0.304 e. The molecule has 18 heavy (non-hydrogen) atoms. The lowest BCUT2D eigenvalue weighted by Gasteiger charge is -2.24. The largest absolute Gasteiger partial charge is 0.304 e. The van der Waals surface area contributed by atoms with Crippen LogP contribution < -0.4 is 5.32 Å². The molecule has 1 heterocycles. The topological polar surface area (TPSA) is 41.5 Å². The van der Waals surface area contributed by atoms with E-state index in [9.17, 15) is 4.79 Å². The average molecular weight is 266 g/mol. The molecule has 1 N–H and O–H groups in total. The van der Waals surface area contributed by atoms with Gasteiger partial charge in [0.2, 0.25) is 5.91 Å². The molecule has 1 aliphatic heterocycles. The third-order valence-corrected chi connectivity index (χ3v) is 6.59. The van der Waals surface area contributed by atoms with Gasteiger partial charge in [0.05, 0.1) is 5.54 Å². The van der Waals surface area contributed by atoms with Crippen LogP contribution in [0.3, 0.4) is 0 Å². The van der Waals surface area contributed by atoms with Crippen LogP contribution in [-0.2, 0) is 4.79 Å². The van der Waals surface area contributed by atoms with Crippen LogP contribution in [-0.4, -0.2) is 21.4 Å². The Morgan fingerprint density at radius 3 is 2.50 bits per heavy atom. The summed E-state index contributed by atoms with van der Waals surface area (Å²) in [6, 6.07) is 0. The summed E-state index contributed by atoms with van der Waals surface area (Å²) in [5.41, 5.74) is 0.169. The van der Waals surface area contributed by atoms with Crippen molar-refractivity contribution in [1.82, 2.24) is 5.32 Å². The van der Waals surface area contributed by atoms with Gasteiger partial charge < -0.3 is 5.32 Å². The first kappa shape index (κ1) is 12.5. The number of rotatable bonds is 2. The molecule has 1 amide bonds. The van der Waals surface area contributed by atoms with Crippen LogP contribution in [0.4, 0.5) is 0 Å². The molecule has 2 bridgehead atoms. The standard InChI is InChI=1S/C14H22N2OS/c1-9(2)13(3)11(17)15-12(18-13)16-14-6-4-10(8-14)5-7-14/h9-10H,4-8H2,1-3H3,(H,15,16,17)/t10?,13-,14?/m0/s1. The van der Waals surface area contributed by atoms with E-state index in [1.165, 1.54) is 32.1 Å². The number of amidine groups is 1. The Morgan fingerprint density at radius 1 is 1.39 bits per heavy atom. The van der Waals surface area contributed by atoms with Crippen LogP contribution in [0.15, 0.2) is 4.99 Å². The quantitative estimate of drug-likeness (QED) is 0.835. The second-order valence-electron chi connectivity index (χ2n) is 6.61. The Hall–Kier alpha value is -0.510. The van der Waals surface area contributed by atoms with E-state index < -0.39 is 0 Å². The van der Waals surface area contributed by atoms with Crippen molar-refractivity contribution < 1.29 is 4.79 Å². The van der Waals surface area contributed by atoms with E-state index in [1.54, 1.807) is 11.8 Å². The van der Waals surface area contributed by atoms with Crippen LogP contribution in [0.5, 0.6) is 0 Å². The molecule has 3 rings (SSSR count). The van der Waals surface area contributed by atoms with E-state index >= 15 is 0 Å². The summed E-state index contributed by atoms with van der Waals surface area (Å²) in [5.74, 6) is 1.35. The molecule has 0 radical (unpaired) electrons. The minimum absolute atomic E-state index is 0.130. The maximum absolute atomic E-state index is 12.1. The number of carbonyl (C=O) groups excluding carboxylic acids is 1. The summed E-state index contributed by atoms with van der Waals surface area (Å²) < 4.78 is -0.341. The highest BCUT2D eigenvalue weighted by atomic mass is 32.2. The maximum Gasteiger partial charge on any atom is 0.242 e. The SMILES string of the molecule is CC(C)[C@]1(C)SC(=NC23CCC(CC2)C3)NC1=O. The number of nitrogens with zero attached hydrogens (tertiary/aromatic N) is 1. The zero-order valence-electron chi connectivity index (χ0n) is 11.5. The van der Waals surface area contributed by atoms with Crippen molar-refractivity contribution in [3.63, 3.8) is 0 Å². The summed E-state index contributed by atoms with van der Waals surface area (Å²) in [6.07, 6.45) is 6.34. The highest BCUT2D eigenvalue weighted by molar-refractivity contribution is 8.16. The van der Waals surface area contributed by atoms with E-state index in [0.29, 0.717) is 5.92 Å². The molecule has 0 aromatic rings. The minimum atomic E-state index is -0.341. The van der Waals surface area contributed by atoms with Crippen molar-refractivity contribution in [3.05, 3.63) is 0 Å². The zero-order valence-corrected chi connectivity index (χ0v) is 12.3. The van der Waals surface area contributed by atoms with Gasteiger partial charge in [-0.15, -0.1) is 0 Å². The fraction of sp³-hybridized carbons (Fsp3) is 0.857. The smallest absolute Gasteiger partial charge is 0.242 e. The molecule has 2 saturated carbocycles. The normalized spacial score (nSPS) is 45.2. The van der Waals surface area contributed by atoms with Gasteiger partial charge in [0, 0.05) is 0 Å². The molecule has 3 aliphatic rings. The van der Waals surface area contributed by atoms with E-state index in [0.717, 1.165) is 11.1 Å². The van der Waals surface area contributed by atoms with Gasteiger partial charge >= 0.3 is 0 Å². The Balaban J connectivity index is 1.81. The van der Waals surface area contributed by atoms with Crippen molar-refractivity contribution in [2.45, 2.75) is 63.2 Å². The van der Waals surface area contributed by atoms with Gasteiger partial charge in [-0.1, -0.05) is 25.6 Å². The predicted octanol–water partition coefficient (Wildman–Crippen LogP) is 2.95. The van der Waals surface area contributed by atoms with E-state index in [-0.39, 0.29) is 16.2 Å². The maximum atomic E-state index is 12.1. The summed E-state index contributed by atoms with van der Waals surface area (Å²) in [7, 11) is 0. The second kappa shape index (κ2) is 3.99.